The van der Waals surface area contributed by atoms with Gasteiger partial charge in [-0.3, -0.25) is 4.57 Å². The average Bonchev–Trinajstić information content (AvgIpc) is 3.18. The Morgan fingerprint density at radius 3 is 2.50 bits per heavy atom. The molecule has 142 valence electrons. The van der Waals surface area contributed by atoms with E-state index >= 15 is 0 Å². The second kappa shape index (κ2) is 7.78. The standard InChI is InChI=1S/C17H22NO6PS/c1-10-4-6-11(7-5-10)18-17-15(22)14(21)16(12(20)9-19)24-25(17,23)13-3-2-8-26-13/h2-8,12,14-22H,9H2,1H3/t12-,14?,15+,16-,17-,25?/m1/s1. The molecule has 2 aromatic rings. The Morgan fingerprint density at radius 2 is 1.92 bits per heavy atom. The summed E-state index contributed by atoms with van der Waals surface area (Å²) in [5.74, 6) is -1.10. The van der Waals surface area contributed by atoms with E-state index in [1.54, 1.807) is 29.6 Å². The number of aliphatic hydroxyl groups is 4. The first-order valence-electron chi connectivity index (χ1n) is 8.17. The second-order valence-corrected chi connectivity index (χ2v) is 10.00. The van der Waals surface area contributed by atoms with Crippen molar-refractivity contribution in [2.75, 3.05) is 11.9 Å². The van der Waals surface area contributed by atoms with Crippen LogP contribution in [-0.2, 0) is 9.09 Å². The fourth-order valence-corrected chi connectivity index (χ4v) is 6.94. The van der Waals surface area contributed by atoms with Crippen LogP contribution in [0.5, 0.6) is 0 Å². The van der Waals surface area contributed by atoms with Gasteiger partial charge in [0.05, 0.1) is 11.2 Å². The van der Waals surface area contributed by atoms with Crippen molar-refractivity contribution >= 4 is 29.0 Å². The molecule has 0 bridgehead atoms. The summed E-state index contributed by atoms with van der Waals surface area (Å²) in [4.78, 5) is 0. The fourth-order valence-electron chi connectivity index (χ4n) is 2.92. The van der Waals surface area contributed by atoms with E-state index in [4.69, 9.17) is 4.52 Å². The quantitative estimate of drug-likeness (QED) is 0.474. The molecule has 1 saturated heterocycles. The first-order chi connectivity index (χ1) is 12.4. The molecule has 0 aliphatic carbocycles. The molecule has 7 nitrogen and oxygen atoms in total. The molecule has 0 amide bonds. The van der Waals surface area contributed by atoms with E-state index in [9.17, 15) is 25.0 Å². The largest absolute Gasteiger partial charge is 0.394 e. The van der Waals surface area contributed by atoms with Gasteiger partial charge in [-0.25, -0.2) is 0 Å². The Balaban J connectivity index is 1.99. The molecular weight excluding hydrogens is 377 g/mol. The number of benzene rings is 1. The zero-order valence-electron chi connectivity index (χ0n) is 14.1. The third-order valence-corrected chi connectivity index (χ3v) is 8.64. The van der Waals surface area contributed by atoms with Gasteiger partial charge in [0, 0.05) is 5.69 Å². The van der Waals surface area contributed by atoms with Crippen LogP contribution in [0.25, 0.3) is 0 Å². The van der Waals surface area contributed by atoms with Gasteiger partial charge in [-0.05, 0) is 30.5 Å². The number of hydrogen-bond donors (Lipinski definition) is 5. The van der Waals surface area contributed by atoms with Crippen molar-refractivity contribution in [3.8, 4) is 0 Å². The van der Waals surface area contributed by atoms with Gasteiger partial charge >= 0.3 is 0 Å². The summed E-state index contributed by atoms with van der Waals surface area (Å²) in [6.07, 6.45) is -5.81. The first-order valence-corrected chi connectivity index (χ1v) is 10.7. The van der Waals surface area contributed by atoms with Gasteiger partial charge in [0.15, 0.2) is 0 Å². The SMILES string of the molecule is Cc1ccc(N[C@H]2[C@@H](O)C(O)[C@@H]([C@H](O)CO)OP2(=O)c2cccs2)cc1. The molecular formula is C17H22NO6PS. The highest BCUT2D eigenvalue weighted by atomic mass is 32.1. The predicted molar refractivity (Wildman–Crippen MR) is 100 cm³/mol. The van der Waals surface area contributed by atoms with Gasteiger partial charge in [0.1, 0.15) is 30.2 Å². The minimum atomic E-state index is -3.70. The van der Waals surface area contributed by atoms with Crippen LogP contribution in [-0.4, -0.2) is 57.2 Å². The summed E-state index contributed by atoms with van der Waals surface area (Å²) in [6, 6.07) is 10.6. The van der Waals surface area contributed by atoms with Crippen molar-refractivity contribution in [3.05, 3.63) is 47.3 Å². The van der Waals surface area contributed by atoms with Crippen molar-refractivity contribution < 1.29 is 29.5 Å². The summed E-state index contributed by atoms with van der Waals surface area (Å²) < 4.78 is 19.8. The summed E-state index contributed by atoms with van der Waals surface area (Å²) in [7, 11) is -3.70. The number of hydrogen-bond acceptors (Lipinski definition) is 8. The summed E-state index contributed by atoms with van der Waals surface area (Å²) in [6.45, 7) is 1.25. The van der Waals surface area contributed by atoms with E-state index in [0.717, 1.165) is 5.56 Å². The molecule has 0 radical (unpaired) electrons. The van der Waals surface area contributed by atoms with E-state index in [1.807, 2.05) is 19.1 Å². The molecule has 1 aliphatic rings. The molecule has 1 fully saturated rings. The zero-order chi connectivity index (χ0) is 18.9. The van der Waals surface area contributed by atoms with Gasteiger partial charge < -0.3 is 30.3 Å². The molecule has 2 heterocycles. The number of aliphatic hydroxyl groups excluding tert-OH is 4. The van der Waals surface area contributed by atoms with Crippen molar-refractivity contribution in [2.45, 2.75) is 37.1 Å². The summed E-state index contributed by atoms with van der Waals surface area (Å²) >= 11 is 1.20. The van der Waals surface area contributed by atoms with Gasteiger partial charge in [-0.2, -0.15) is 0 Å². The highest BCUT2D eigenvalue weighted by Gasteiger charge is 2.54. The maximum atomic E-state index is 13.7. The molecule has 1 aliphatic heterocycles. The summed E-state index contributed by atoms with van der Waals surface area (Å²) in [5.41, 5.74) is 1.66. The highest BCUT2D eigenvalue weighted by molar-refractivity contribution is 7.73. The maximum Gasteiger partial charge on any atom is 0.266 e. The number of nitrogens with one attached hydrogen (secondary N) is 1. The van der Waals surface area contributed by atoms with Crippen LogP contribution in [0.1, 0.15) is 5.56 Å². The summed E-state index contributed by atoms with van der Waals surface area (Å²) in [5, 5.41) is 44.9. The van der Waals surface area contributed by atoms with Gasteiger partial charge in [-0.1, -0.05) is 23.8 Å². The Kier molecular flexibility index (Phi) is 5.84. The van der Waals surface area contributed by atoms with E-state index in [-0.39, 0.29) is 0 Å². The Labute approximate surface area is 155 Å². The van der Waals surface area contributed by atoms with Crippen molar-refractivity contribution in [2.24, 2.45) is 0 Å². The lowest BCUT2D eigenvalue weighted by Crippen LogP contribution is -2.58. The van der Waals surface area contributed by atoms with Gasteiger partial charge in [-0.15, -0.1) is 11.3 Å². The van der Waals surface area contributed by atoms with Crippen LogP contribution in [0.4, 0.5) is 5.69 Å². The minimum Gasteiger partial charge on any atom is -0.394 e. The molecule has 1 aromatic carbocycles. The lowest BCUT2D eigenvalue weighted by molar-refractivity contribution is -0.115. The second-order valence-electron chi connectivity index (χ2n) is 6.30. The topological polar surface area (TPSA) is 119 Å². The minimum absolute atomic E-state index is 0.406. The molecule has 0 spiro atoms. The van der Waals surface area contributed by atoms with Crippen LogP contribution < -0.4 is 9.94 Å². The molecule has 3 rings (SSSR count). The lowest BCUT2D eigenvalue weighted by Gasteiger charge is -2.43. The molecule has 6 atom stereocenters. The molecule has 2 unspecified atom stereocenters. The lowest BCUT2D eigenvalue weighted by atomic mass is 10.0. The number of anilines is 1. The van der Waals surface area contributed by atoms with Gasteiger partial charge in [0.2, 0.25) is 0 Å². The molecule has 0 saturated carbocycles. The Hall–Kier alpha value is -1.25. The van der Waals surface area contributed by atoms with E-state index in [0.29, 0.717) is 10.3 Å². The Morgan fingerprint density at radius 1 is 1.23 bits per heavy atom. The third kappa shape index (κ3) is 3.59. The first kappa shape index (κ1) is 19.5. The van der Waals surface area contributed by atoms with Crippen LogP contribution in [0, 0.1) is 6.92 Å². The molecule has 5 N–H and O–H groups in total. The van der Waals surface area contributed by atoms with E-state index < -0.39 is 44.2 Å². The smallest absolute Gasteiger partial charge is 0.266 e. The van der Waals surface area contributed by atoms with Crippen LogP contribution >= 0.6 is 18.7 Å². The van der Waals surface area contributed by atoms with Crippen molar-refractivity contribution in [1.29, 1.82) is 0 Å². The number of aryl methyl sites for hydroxylation is 1. The van der Waals surface area contributed by atoms with E-state index in [2.05, 4.69) is 5.32 Å². The van der Waals surface area contributed by atoms with Crippen LogP contribution in [0.3, 0.4) is 0 Å². The maximum absolute atomic E-state index is 13.7. The number of thiophene rings is 1. The zero-order valence-corrected chi connectivity index (χ0v) is 15.8. The molecule has 9 heteroatoms. The molecule has 1 aromatic heterocycles. The molecule has 26 heavy (non-hydrogen) atoms. The highest BCUT2D eigenvalue weighted by Crippen LogP contribution is 2.58. The van der Waals surface area contributed by atoms with Crippen LogP contribution in [0.2, 0.25) is 0 Å². The fraction of sp³-hybridized carbons (Fsp3) is 0.412. The predicted octanol–water partition coefficient (Wildman–Crippen LogP) is 0.872. The van der Waals surface area contributed by atoms with E-state index in [1.165, 1.54) is 11.3 Å². The van der Waals surface area contributed by atoms with Crippen molar-refractivity contribution in [1.82, 2.24) is 0 Å². The van der Waals surface area contributed by atoms with Crippen molar-refractivity contribution in [3.63, 3.8) is 0 Å². The monoisotopic (exact) mass is 399 g/mol. The van der Waals surface area contributed by atoms with Crippen LogP contribution in [0.15, 0.2) is 41.8 Å². The van der Waals surface area contributed by atoms with Gasteiger partial charge in [0.25, 0.3) is 7.37 Å². The number of rotatable bonds is 5. The average molecular weight is 399 g/mol. The Bertz CT molecular complexity index is 768. The normalized spacial score (nSPS) is 33.0. The third-order valence-electron chi connectivity index (χ3n) is 4.40.